The maximum absolute atomic E-state index is 11.7. The van der Waals surface area contributed by atoms with Crippen molar-refractivity contribution in [3.8, 4) is 5.75 Å². The van der Waals surface area contributed by atoms with Gasteiger partial charge >= 0.3 is 0 Å². The average molecular weight is 259 g/mol. The van der Waals surface area contributed by atoms with Gasteiger partial charge in [-0.15, -0.1) is 0 Å². The van der Waals surface area contributed by atoms with Crippen molar-refractivity contribution in [2.75, 3.05) is 11.9 Å². The zero-order valence-electron chi connectivity index (χ0n) is 11.3. The minimum absolute atomic E-state index is 0.0205. The summed E-state index contributed by atoms with van der Waals surface area (Å²) in [5.74, 6) is 1.14. The van der Waals surface area contributed by atoms with E-state index < -0.39 is 0 Å². The van der Waals surface area contributed by atoms with E-state index in [2.05, 4.69) is 10.4 Å². The van der Waals surface area contributed by atoms with Crippen LogP contribution in [0, 0.1) is 13.8 Å². The minimum atomic E-state index is -0.205. The Morgan fingerprint density at radius 3 is 2.58 bits per heavy atom. The molecule has 0 radical (unpaired) electrons. The molecule has 0 saturated heterocycles. The highest BCUT2D eigenvalue weighted by molar-refractivity contribution is 5.91. The lowest BCUT2D eigenvalue weighted by atomic mass is 10.2. The first-order chi connectivity index (χ1) is 9.04. The first-order valence-electron chi connectivity index (χ1n) is 6.04. The van der Waals surface area contributed by atoms with E-state index in [9.17, 15) is 4.79 Å². The lowest BCUT2D eigenvalue weighted by Gasteiger charge is -2.07. The van der Waals surface area contributed by atoms with Gasteiger partial charge in [0.2, 0.25) is 0 Å². The van der Waals surface area contributed by atoms with Crippen LogP contribution in [0.3, 0.4) is 0 Å². The van der Waals surface area contributed by atoms with E-state index in [1.54, 1.807) is 11.7 Å². The Morgan fingerprint density at radius 2 is 2.00 bits per heavy atom. The third-order valence-corrected chi connectivity index (χ3v) is 2.66. The van der Waals surface area contributed by atoms with Crippen LogP contribution in [0.4, 0.5) is 5.82 Å². The minimum Gasteiger partial charge on any atom is -0.484 e. The van der Waals surface area contributed by atoms with Crippen LogP contribution in [0.2, 0.25) is 0 Å². The highest BCUT2D eigenvalue weighted by Gasteiger charge is 2.07. The fraction of sp³-hybridized carbons (Fsp3) is 0.286. The largest absolute Gasteiger partial charge is 0.484 e. The molecule has 0 aliphatic heterocycles. The summed E-state index contributed by atoms with van der Waals surface area (Å²) in [7, 11) is 1.78. The molecule has 1 heterocycles. The Bertz CT molecular complexity index is 573. The number of hydrogen-bond acceptors (Lipinski definition) is 3. The summed E-state index contributed by atoms with van der Waals surface area (Å²) >= 11 is 0. The maximum atomic E-state index is 11.7. The van der Waals surface area contributed by atoms with Crippen molar-refractivity contribution in [1.82, 2.24) is 9.78 Å². The molecule has 2 rings (SSSR count). The molecule has 0 fully saturated rings. The van der Waals surface area contributed by atoms with E-state index in [1.807, 2.05) is 44.2 Å². The van der Waals surface area contributed by atoms with Gasteiger partial charge in [0.1, 0.15) is 11.6 Å². The number of anilines is 1. The van der Waals surface area contributed by atoms with Crippen LogP contribution in [-0.2, 0) is 11.8 Å². The van der Waals surface area contributed by atoms with Gasteiger partial charge in [0.15, 0.2) is 6.61 Å². The molecule has 0 unspecified atom stereocenters. The second-order valence-corrected chi connectivity index (χ2v) is 4.44. The molecule has 1 aromatic heterocycles. The number of rotatable bonds is 4. The van der Waals surface area contributed by atoms with Gasteiger partial charge in [-0.05, 0) is 26.0 Å². The number of ether oxygens (including phenoxy) is 1. The van der Waals surface area contributed by atoms with Gasteiger partial charge < -0.3 is 10.1 Å². The molecular weight excluding hydrogens is 242 g/mol. The number of hydrogen-bond donors (Lipinski definition) is 1. The Hall–Kier alpha value is -2.30. The fourth-order valence-corrected chi connectivity index (χ4v) is 1.69. The molecule has 1 aromatic carbocycles. The third-order valence-electron chi connectivity index (χ3n) is 2.66. The summed E-state index contributed by atoms with van der Waals surface area (Å²) < 4.78 is 7.02. The number of aromatic nitrogens is 2. The molecule has 1 amide bonds. The van der Waals surface area contributed by atoms with E-state index >= 15 is 0 Å². The van der Waals surface area contributed by atoms with Crippen LogP contribution in [0.25, 0.3) is 0 Å². The molecule has 5 nitrogen and oxygen atoms in total. The van der Waals surface area contributed by atoms with Gasteiger partial charge in [0.05, 0.1) is 5.69 Å². The van der Waals surface area contributed by atoms with Gasteiger partial charge in [-0.3, -0.25) is 9.48 Å². The number of nitrogens with zero attached hydrogens (tertiary/aromatic N) is 2. The Morgan fingerprint density at radius 1 is 1.32 bits per heavy atom. The van der Waals surface area contributed by atoms with E-state index in [-0.39, 0.29) is 12.5 Å². The summed E-state index contributed by atoms with van der Waals surface area (Å²) in [5, 5.41) is 6.90. The van der Waals surface area contributed by atoms with Crippen molar-refractivity contribution >= 4 is 11.7 Å². The zero-order valence-corrected chi connectivity index (χ0v) is 11.3. The number of nitrogens with one attached hydrogen (secondary N) is 1. The zero-order chi connectivity index (χ0) is 13.8. The number of amides is 1. The summed E-state index contributed by atoms with van der Waals surface area (Å²) in [6.45, 7) is 3.85. The molecule has 0 saturated carbocycles. The van der Waals surface area contributed by atoms with Crippen LogP contribution in [0.5, 0.6) is 5.75 Å². The molecule has 0 spiro atoms. The Balaban J connectivity index is 1.88. The van der Waals surface area contributed by atoms with Gasteiger partial charge in [-0.2, -0.15) is 5.10 Å². The predicted octanol–water partition coefficient (Wildman–Crippen LogP) is 2.05. The molecule has 1 N–H and O–H groups in total. The molecule has 2 aromatic rings. The first-order valence-corrected chi connectivity index (χ1v) is 6.04. The second kappa shape index (κ2) is 5.56. The summed E-state index contributed by atoms with van der Waals surface area (Å²) in [6, 6.07) is 9.38. The van der Waals surface area contributed by atoms with Crippen molar-refractivity contribution in [2.45, 2.75) is 13.8 Å². The van der Waals surface area contributed by atoms with E-state index in [0.717, 1.165) is 11.3 Å². The molecule has 5 heteroatoms. The van der Waals surface area contributed by atoms with Crippen molar-refractivity contribution < 1.29 is 9.53 Å². The molecule has 19 heavy (non-hydrogen) atoms. The van der Waals surface area contributed by atoms with E-state index in [1.165, 1.54) is 0 Å². The number of aryl methyl sites for hydroxylation is 3. The monoisotopic (exact) mass is 259 g/mol. The second-order valence-electron chi connectivity index (χ2n) is 4.44. The predicted molar refractivity (Wildman–Crippen MR) is 73.2 cm³/mol. The van der Waals surface area contributed by atoms with Crippen molar-refractivity contribution in [2.24, 2.45) is 7.05 Å². The van der Waals surface area contributed by atoms with Gasteiger partial charge in [0.25, 0.3) is 5.91 Å². The Kier molecular flexibility index (Phi) is 3.85. The number of benzene rings is 1. The first kappa shape index (κ1) is 13.1. The number of carbonyl (C=O) groups excluding carboxylic acids is 1. The van der Waals surface area contributed by atoms with Crippen molar-refractivity contribution in [3.63, 3.8) is 0 Å². The normalized spacial score (nSPS) is 10.3. The van der Waals surface area contributed by atoms with Gasteiger partial charge in [-0.25, -0.2) is 0 Å². The van der Waals surface area contributed by atoms with Crippen LogP contribution in [-0.4, -0.2) is 22.3 Å². The standard InChI is InChI=1S/C14H17N3O2/c1-10-4-6-12(7-5-10)19-9-14(18)15-13-8-11(2)16-17(13)3/h4-8H,9H2,1-3H3,(H,15,18). The SMILES string of the molecule is Cc1ccc(OCC(=O)Nc2cc(C)nn2C)cc1. The van der Waals surface area contributed by atoms with Crippen molar-refractivity contribution in [3.05, 3.63) is 41.6 Å². The van der Waals surface area contributed by atoms with Crippen LogP contribution in [0.1, 0.15) is 11.3 Å². The van der Waals surface area contributed by atoms with E-state index in [4.69, 9.17) is 4.74 Å². The highest BCUT2D eigenvalue weighted by atomic mass is 16.5. The molecule has 100 valence electrons. The van der Waals surface area contributed by atoms with Crippen LogP contribution in [0.15, 0.2) is 30.3 Å². The Labute approximate surface area is 112 Å². The molecular formula is C14H17N3O2. The fourth-order valence-electron chi connectivity index (χ4n) is 1.69. The van der Waals surface area contributed by atoms with Crippen molar-refractivity contribution in [1.29, 1.82) is 0 Å². The lowest BCUT2D eigenvalue weighted by molar-refractivity contribution is -0.118. The summed E-state index contributed by atoms with van der Waals surface area (Å²) in [5.41, 5.74) is 2.01. The quantitative estimate of drug-likeness (QED) is 0.914. The molecule has 0 aliphatic carbocycles. The maximum Gasteiger partial charge on any atom is 0.263 e. The molecule has 0 atom stereocenters. The smallest absolute Gasteiger partial charge is 0.263 e. The summed E-state index contributed by atoms with van der Waals surface area (Å²) in [6.07, 6.45) is 0. The summed E-state index contributed by atoms with van der Waals surface area (Å²) in [4.78, 5) is 11.7. The third kappa shape index (κ3) is 3.58. The highest BCUT2D eigenvalue weighted by Crippen LogP contribution is 2.12. The molecule has 0 aliphatic rings. The van der Waals surface area contributed by atoms with Crippen LogP contribution >= 0.6 is 0 Å². The average Bonchev–Trinajstić information content (AvgIpc) is 2.67. The van der Waals surface area contributed by atoms with Crippen LogP contribution < -0.4 is 10.1 Å². The topological polar surface area (TPSA) is 56.1 Å². The van der Waals surface area contributed by atoms with Gasteiger partial charge in [0, 0.05) is 13.1 Å². The lowest BCUT2D eigenvalue weighted by Crippen LogP contribution is -2.21. The van der Waals surface area contributed by atoms with Gasteiger partial charge in [-0.1, -0.05) is 17.7 Å². The van der Waals surface area contributed by atoms with E-state index in [0.29, 0.717) is 11.6 Å². The molecule has 0 bridgehead atoms. The number of carbonyl (C=O) groups is 1.